The summed E-state index contributed by atoms with van der Waals surface area (Å²) in [4.78, 5) is 0. The molecule has 0 saturated carbocycles. The third-order valence-corrected chi connectivity index (χ3v) is 5.55. The maximum Gasteiger partial charge on any atom is 0.460 e. The number of alkyl halides is 13. The van der Waals surface area contributed by atoms with Crippen molar-refractivity contribution in [3.63, 3.8) is 0 Å². The Hall–Kier alpha value is -1.94. The van der Waals surface area contributed by atoms with Crippen LogP contribution in [0, 0.1) is 0 Å². The van der Waals surface area contributed by atoms with E-state index in [1.54, 1.807) is 0 Å². The SMILES string of the molecule is O=S(=O)(CCNc1ccccc1)C(F)(F)C(F)(F)C(F)(F)C(F)(F)C(F)(F)C(F)(F)F. The second kappa shape index (κ2) is 7.88. The fourth-order valence-electron chi connectivity index (χ4n) is 1.96. The van der Waals surface area contributed by atoms with Crippen molar-refractivity contribution in [1.29, 1.82) is 0 Å². The first-order valence-electron chi connectivity index (χ1n) is 7.55. The van der Waals surface area contributed by atoms with Gasteiger partial charge in [0.15, 0.2) is 0 Å². The van der Waals surface area contributed by atoms with Crippen molar-refractivity contribution in [1.82, 2.24) is 0 Å². The van der Waals surface area contributed by atoms with Gasteiger partial charge in [-0.25, -0.2) is 8.42 Å². The number of halogens is 13. The van der Waals surface area contributed by atoms with Crippen molar-refractivity contribution in [3.8, 4) is 0 Å². The zero-order valence-corrected chi connectivity index (χ0v) is 15.3. The third kappa shape index (κ3) is 4.24. The Kier molecular flexibility index (Phi) is 6.89. The normalized spacial score (nSPS) is 15.1. The van der Waals surface area contributed by atoms with Crippen LogP contribution in [-0.2, 0) is 9.84 Å². The van der Waals surface area contributed by atoms with Gasteiger partial charge in [0.2, 0.25) is 9.84 Å². The zero-order valence-electron chi connectivity index (χ0n) is 14.4. The molecule has 1 aromatic carbocycles. The number of sulfone groups is 1. The van der Waals surface area contributed by atoms with E-state index in [1.165, 1.54) is 30.3 Å². The van der Waals surface area contributed by atoms with E-state index in [9.17, 15) is 65.5 Å². The predicted octanol–water partition coefficient (Wildman–Crippen LogP) is 5.21. The molecule has 180 valence electrons. The summed E-state index contributed by atoms with van der Waals surface area (Å²) in [5, 5.41) is -5.08. The van der Waals surface area contributed by atoms with Gasteiger partial charge in [-0.15, -0.1) is 0 Å². The quantitative estimate of drug-likeness (QED) is 0.471. The molecule has 0 aromatic heterocycles. The number of anilines is 1. The molecular weight excluding hydrogens is 493 g/mol. The Balaban J connectivity index is 3.28. The lowest BCUT2D eigenvalue weighted by atomic mass is 9.98. The summed E-state index contributed by atoms with van der Waals surface area (Å²) in [7, 11) is -6.80. The van der Waals surface area contributed by atoms with Crippen molar-refractivity contribution in [2.75, 3.05) is 17.6 Å². The second-order valence-electron chi connectivity index (χ2n) is 5.92. The average Bonchev–Trinajstić information content (AvgIpc) is 2.60. The Morgan fingerprint density at radius 2 is 1.06 bits per heavy atom. The van der Waals surface area contributed by atoms with Gasteiger partial charge < -0.3 is 5.32 Å². The summed E-state index contributed by atoms with van der Waals surface area (Å²) in [5.74, 6) is -34.2. The van der Waals surface area contributed by atoms with E-state index in [1.807, 2.05) is 0 Å². The van der Waals surface area contributed by atoms with Gasteiger partial charge in [-0.3, -0.25) is 0 Å². The lowest BCUT2D eigenvalue weighted by Gasteiger charge is -2.39. The Bertz CT molecular complexity index is 866. The fraction of sp³-hybridized carbons (Fsp3) is 0.571. The minimum atomic E-state index is -8.15. The minimum absolute atomic E-state index is 0.0226. The molecule has 0 bridgehead atoms. The number of hydrogen-bond donors (Lipinski definition) is 1. The molecule has 31 heavy (non-hydrogen) atoms. The van der Waals surface area contributed by atoms with Crippen LogP contribution >= 0.6 is 0 Å². The average molecular weight is 503 g/mol. The monoisotopic (exact) mass is 503 g/mol. The van der Waals surface area contributed by atoms with Gasteiger partial charge in [0, 0.05) is 12.2 Å². The van der Waals surface area contributed by atoms with Gasteiger partial charge in [-0.05, 0) is 12.1 Å². The molecule has 0 aliphatic heterocycles. The Labute approximate surface area is 165 Å². The summed E-state index contributed by atoms with van der Waals surface area (Å²) < 4.78 is 192. The summed E-state index contributed by atoms with van der Waals surface area (Å²) in [6, 6.07) is 6.54. The molecule has 0 amide bonds. The topological polar surface area (TPSA) is 46.2 Å². The third-order valence-electron chi connectivity index (χ3n) is 3.77. The predicted molar refractivity (Wildman–Crippen MR) is 79.5 cm³/mol. The molecule has 17 heteroatoms. The molecule has 1 rings (SSSR count). The van der Waals surface area contributed by atoms with E-state index in [0.717, 1.165) is 0 Å². The van der Waals surface area contributed by atoms with Crippen LogP contribution in [0.15, 0.2) is 30.3 Å². The van der Waals surface area contributed by atoms with Crippen LogP contribution in [0.1, 0.15) is 0 Å². The Morgan fingerprint density at radius 1 is 0.645 bits per heavy atom. The maximum absolute atomic E-state index is 13.7. The van der Waals surface area contributed by atoms with Crippen LogP contribution in [0.2, 0.25) is 0 Å². The fourth-order valence-corrected chi connectivity index (χ4v) is 3.11. The van der Waals surface area contributed by atoms with Crippen LogP contribution in [0.4, 0.5) is 62.8 Å². The molecule has 3 nitrogen and oxygen atoms in total. The first-order valence-corrected chi connectivity index (χ1v) is 9.20. The minimum Gasteiger partial charge on any atom is -0.384 e. The van der Waals surface area contributed by atoms with Crippen LogP contribution in [-0.4, -0.2) is 55.8 Å². The molecule has 1 aromatic rings. The molecular formula is C14H10F13NO2S. The molecule has 0 aliphatic rings. The van der Waals surface area contributed by atoms with Crippen LogP contribution < -0.4 is 5.32 Å². The van der Waals surface area contributed by atoms with E-state index < -0.39 is 57.3 Å². The number of benzene rings is 1. The van der Waals surface area contributed by atoms with Gasteiger partial charge in [0.05, 0.1) is 5.75 Å². The van der Waals surface area contributed by atoms with Crippen molar-refractivity contribution in [2.24, 2.45) is 0 Å². The lowest BCUT2D eigenvalue weighted by molar-refractivity contribution is -0.433. The molecule has 0 spiro atoms. The van der Waals surface area contributed by atoms with Gasteiger partial charge in [0.25, 0.3) is 0 Å². The number of para-hydroxylation sites is 1. The van der Waals surface area contributed by atoms with Gasteiger partial charge in [-0.1, -0.05) is 18.2 Å². The molecule has 0 unspecified atom stereocenters. The van der Waals surface area contributed by atoms with Crippen molar-refractivity contribution < 1.29 is 65.5 Å². The highest BCUT2D eigenvalue weighted by Gasteiger charge is 2.92. The molecule has 0 saturated heterocycles. The first-order chi connectivity index (χ1) is 13.6. The first kappa shape index (κ1) is 27.1. The molecule has 0 fully saturated rings. The van der Waals surface area contributed by atoms with Gasteiger partial charge in [0.1, 0.15) is 0 Å². The summed E-state index contributed by atoms with van der Waals surface area (Å²) in [5.41, 5.74) is 0.0226. The molecule has 0 radical (unpaired) electrons. The highest BCUT2D eigenvalue weighted by atomic mass is 32.2. The number of nitrogens with one attached hydrogen (secondary N) is 1. The van der Waals surface area contributed by atoms with Crippen LogP contribution in [0.5, 0.6) is 0 Å². The smallest absolute Gasteiger partial charge is 0.384 e. The maximum atomic E-state index is 13.7. The van der Waals surface area contributed by atoms with E-state index in [-0.39, 0.29) is 5.69 Å². The summed E-state index contributed by atoms with van der Waals surface area (Å²) in [6.07, 6.45) is -7.57. The standard InChI is InChI=1S/C14H10F13NO2S/c15-9(16,11(19,20)13(23,24)25)10(17,18)12(21,22)14(26,27)31(29,30)7-6-28-8-4-2-1-3-5-8/h1-5,28H,6-7H2. The van der Waals surface area contributed by atoms with E-state index in [0.29, 0.717) is 0 Å². The summed E-state index contributed by atoms with van der Waals surface area (Å²) in [6.45, 7) is -1.17. The molecule has 1 N–H and O–H groups in total. The zero-order chi connectivity index (χ0) is 24.7. The molecule has 0 heterocycles. The molecule has 0 atom stereocenters. The van der Waals surface area contributed by atoms with Crippen LogP contribution in [0.3, 0.4) is 0 Å². The summed E-state index contributed by atoms with van der Waals surface area (Å²) >= 11 is 0. The van der Waals surface area contributed by atoms with E-state index >= 15 is 0 Å². The number of rotatable bonds is 9. The largest absolute Gasteiger partial charge is 0.460 e. The highest BCUT2D eigenvalue weighted by molar-refractivity contribution is 7.92. The highest BCUT2D eigenvalue weighted by Crippen LogP contribution is 2.61. The lowest BCUT2D eigenvalue weighted by Crippen LogP contribution is -2.71. The second-order valence-corrected chi connectivity index (χ2v) is 8.07. The number of hydrogen-bond acceptors (Lipinski definition) is 3. The van der Waals surface area contributed by atoms with Crippen molar-refractivity contribution in [2.45, 2.75) is 35.1 Å². The van der Waals surface area contributed by atoms with Crippen molar-refractivity contribution >= 4 is 15.5 Å². The molecule has 0 aliphatic carbocycles. The van der Waals surface area contributed by atoms with Crippen LogP contribution in [0.25, 0.3) is 0 Å². The van der Waals surface area contributed by atoms with E-state index in [2.05, 4.69) is 5.32 Å². The van der Waals surface area contributed by atoms with Gasteiger partial charge >= 0.3 is 35.1 Å². The van der Waals surface area contributed by atoms with Gasteiger partial charge in [-0.2, -0.15) is 57.1 Å². The Morgan fingerprint density at radius 3 is 1.48 bits per heavy atom. The van der Waals surface area contributed by atoms with Crippen molar-refractivity contribution in [3.05, 3.63) is 30.3 Å². The van der Waals surface area contributed by atoms with E-state index in [4.69, 9.17) is 0 Å².